The van der Waals surface area contributed by atoms with E-state index in [0.717, 1.165) is 10.5 Å². The molecule has 0 aliphatic heterocycles. The summed E-state index contributed by atoms with van der Waals surface area (Å²) in [6, 6.07) is 0.872. The van der Waals surface area contributed by atoms with Gasteiger partial charge in [0.25, 0.3) is 0 Å². The third kappa shape index (κ3) is 8.04. The normalized spacial score (nSPS) is 13.5. The molecule has 0 amide bonds. The van der Waals surface area contributed by atoms with E-state index < -0.39 is 0 Å². The molecule has 0 N–H and O–H groups in total. The minimum atomic E-state index is 0. The maximum Gasteiger partial charge on any atom is 0.0884 e. The summed E-state index contributed by atoms with van der Waals surface area (Å²) in [5.41, 5.74) is 0. The summed E-state index contributed by atoms with van der Waals surface area (Å²) >= 11 is 0. The molecule has 0 aromatic heterocycles. The first-order chi connectivity index (χ1) is 6.02. The largest absolute Gasteiger partial charge is 1.00 e. The number of unbranched alkanes of at least 4 members (excludes halogenated alkanes) is 2. The van der Waals surface area contributed by atoms with Gasteiger partial charge in [-0.25, -0.2) is 0 Å². The highest BCUT2D eigenvalue weighted by Gasteiger charge is 2.21. The van der Waals surface area contributed by atoms with Gasteiger partial charge in [-0.05, 0) is 19.3 Å². The lowest BCUT2D eigenvalue weighted by atomic mass is 10.0. The van der Waals surface area contributed by atoms with Crippen LogP contribution < -0.4 is 24.0 Å². The van der Waals surface area contributed by atoms with Crippen LogP contribution in [0.25, 0.3) is 0 Å². The highest BCUT2D eigenvalue weighted by molar-refractivity contribution is 4.57. The SMILES string of the molecule is CCCCCC(CCC)[N+](C)(C)C.[I-]. The van der Waals surface area contributed by atoms with Gasteiger partial charge in [0.1, 0.15) is 0 Å². The van der Waals surface area contributed by atoms with Crippen LogP contribution in [0.3, 0.4) is 0 Å². The molecule has 1 nitrogen and oxygen atoms in total. The number of rotatable bonds is 7. The van der Waals surface area contributed by atoms with Crippen LogP contribution in [0.1, 0.15) is 52.4 Å². The van der Waals surface area contributed by atoms with E-state index in [-0.39, 0.29) is 24.0 Å². The maximum atomic E-state index is 2.33. The molecule has 0 saturated carbocycles. The molecule has 0 fully saturated rings. The molecule has 0 bridgehead atoms. The van der Waals surface area contributed by atoms with Gasteiger partial charge in [0.2, 0.25) is 0 Å². The first-order valence-electron chi connectivity index (χ1n) is 5.83. The highest BCUT2D eigenvalue weighted by Crippen LogP contribution is 2.17. The van der Waals surface area contributed by atoms with Crippen molar-refractivity contribution in [2.45, 2.75) is 58.4 Å². The molecular weight excluding hydrogens is 285 g/mol. The molecule has 0 spiro atoms. The van der Waals surface area contributed by atoms with Crippen molar-refractivity contribution in [3.63, 3.8) is 0 Å². The van der Waals surface area contributed by atoms with Crippen molar-refractivity contribution in [3.05, 3.63) is 0 Å². The zero-order chi connectivity index (χ0) is 10.3. The highest BCUT2D eigenvalue weighted by atomic mass is 127. The second-order valence-corrected chi connectivity index (χ2v) is 5.05. The standard InChI is InChI=1S/C12H28N.HI/c1-6-8-9-11-12(10-7-2)13(3,4)5;/h12H,6-11H2,1-5H3;1H/q+1;/p-1. The van der Waals surface area contributed by atoms with Gasteiger partial charge in [-0.15, -0.1) is 0 Å². The van der Waals surface area contributed by atoms with E-state index in [9.17, 15) is 0 Å². The Bertz CT molecular complexity index is 118. The lowest BCUT2D eigenvalue weighted by Gasteiger charge is -2.34. The van der Waals surface area contributed by atoms with Gasteiger partial charge >= 0.3 is 0 Å². The number of hydrogen-bond donors (Lipinski definition) is 0. The molecule has 0 heterocycles. The van der Waals surface area contributed by atoms with Crippen molar-refractivity contribution in [3.8, 4) is 0 Å². The second kappa shape index (κ2) is 8.96. The van der Waals surface area contributed by atoms with E-state index in [4.69, 9.17) is 0 Å². The average molecular weight is 313 g/mol. The molecule has 1 unspecified atom stereocenters. The van der Waals surface area contributed by atoms with Gasteiger partial charge in [-0.2, -0.15) is 0 Å². The number of quaternary nitrogens is 1. The van der Waals surface area contributed by atoms with Gasteiger partial charge in [0.15, 0.2) is 0 Å². The summed E-state index contributed by atoms with van der Waals surface area (Å²) in [4.78, 5) is 0. The third-order valence-corrected chi connectivity index (χ3v) is 2.86. The molecule has 14 heavy (non-hydrogen) atoms. The van der Waals surface area contributed by atoms with Crippen LogP contribution in [-0.4, -0.2) is 31.7 Å². The van der Waals surface area contributed by atoms with Gasteiger partial charge < -0.3 is 28.5 Å². The topological polar surface area (TPSA) is 0 Å². The fourth-order valence-corrected chi connectivity index (χ4v) is 1.88. The molecule has 2 heteroatoms. The molecule has 0 aromatic carbocycles. The Labute approximate surface area is 108 Å². The van der Waals surface area contributed by atoms with E-state index in [1.54, 1.807) is 0 Å². The summed E-state index contributed by atoms with van der Waals surface area (Å²) < 4.78 is 1.14. The minimum Gasteiger partial charge on any atom is -1.00 e. The van der Waals surface area contributed by atoms with Crippen LogP contribution >= 0.6 is 0 Å². The van der Waals surface area contributed by atoms with Gasteiger partial charge in [0.05, 0.1) is 27.2 Å². The summed E-state index contributed by atoms with van der Waals surface area (Å²) in [5.74, 6) is 0. The lowest BCUT2D eigenvalue weighted by Crippen LogP contribution is -3.00. The summed E-state index contributed by atoms with van der Waals surface area (Å²) in [6.07, 6.45) is 8.28. The summed E-state index contributed by atoms with van der Waals surface area (Å²) in [6.45, 7) is 4.57. The molecule has 0 aromatic rings. The quantitative estimate of drug-likeness (QED) is 0.364. The first kappa shape index (κ1) is 17.1. The van der Waals surface area contributed by atoms with E-state index in [1.807, 2.05) is 0 Å². The van der Waals surface area contributed by atoms with Crippen LogP contribution in [0.15, 0.2) is 0 Å². The van der Waals surface area contributed by atoms with Crippen LogP contribution in [0.5, 0.6) is 0 Å². The molecule has 88 valence electrons. The van der Waals surface area contributed by atoms with Crippen molar-refractivity contribution in [1.82, 2.24) is 0 Å². The zero-order valence-electron chi connectivity index (χ0n) is 10.6. The van der Waals surface area contributed by atoms with E-state index in [1.165, 1.54) is 38.5 Å². The third-order valence-electron chi connectivity index (χ3n) is 2.86. The molecule has 0 radical (unpaired) electrons. The minimum absolute atomic E-state index is 0. The van der Waals surface area contributed by atoms with Gasteiger partial charge in [-0.1, -0.05) is 33.1 Å². The van der Waals surface area contributed by atoms with Gasteiger partial charge in [-0.3, -0.25) is 0 Å². The molecule has 0 aliphatic rings. The maximum absolute atomic E-state index is 2.33. The summed E-state index contributed by atoms with van der Waals surface area (Å²) in [7, 11) is 6.98. The van der Waals surface area contributed by atoms with Crippen molar-refractivity contribution in [2.75, 3.05) is 21.1 Å². The number of nitrogens with zero attached hydrogens (tertiary/aromatic N) is 1. The smallest absolute Gasteiger partial charge is 0.0884 e. The Kier molecular flexibility index (Phi) is 10.9. The molecule has 0 saturated heterocycles. The van der Waals surface area contributed by atoms with Crippen LogP contribution in [0.4, 0.5) is 0 Å². The van der Waals surface area contributed by atoms with Crippen LogP contribution in [0.2, 0.25) is 0 Å². The Hall–Kier alpha value is 0.690. The Morgan fingerprint density at radius 2 is 1.43 bits per heavy atom. The fraction of sp³-hybridized carbons (Fsp3) is 1.00. The predicted octanol–water partition coefficient (Wildman–Crippen LogP) is 0.446. The molecule has 1 atom stereocenters. The summed E-state index contributed by atoms with van der Waals surface area (Å²) in [5, 5.41) is 0. The van der Waals surface area contributed by atoms with Crippen molar-refractivity contribution in [2.24, 2.45) is 0 Å². The van der Waals surface area contributed by atoms with Gasteiger partial charge in [0, 0.05) is 0 Å². The zero-order valence-corrected chi connectivity index (χ0v) is 12.8. The number of halogens is 1. The Morgan fingerprint density at radius 3 is 1.79 bits per heavy atom. The average Bonchev–Trinajstić information content (AvgIpc) is 2.01. The second-order valence-electron chi connectivity index (χ2n) is 5.05. The van der Waals surface area contributed by atoms with Crippen molar-refractivity contribution in [1.29, 1.82) is 0 Å². The van der Waals surface area contributed by atoms with E-state index in [0.29, 0.717) is 0 Å². The van der Waals surface area contributed by atoms with E-state index in [2.05, 4.69) is 35.0 Å². The van der Waals surface area contributed by atoms with Crippen LogP contribution in [0, 0.1) is 0 Å². The lowest BCUT2D eigenvalue weighted by molar-refractivity contribution is -0.896. The first-order valence-corrected chi connectivity index (χ1v) is 5.83. The van der Waals surface area contributed by atoms with Crippen molar-refractivity contribution >= 4 is 0 Å². The number of hydrogen-bond acceptors (Lipinski definition) is 0. The Morgan fingerprint density at radius 1 is 0.857 bits per heavy atom. The van der Waals surface area contributed by atoms with Crippen molar-refractivity contribution < 1.29 is 28.5 Å². The van der Waals surface area contributed by atoms with Crippen LogP contribution in [-0.2, 0) is 0 Å². The molecule has 0 aliphatic carbocycles. The monoisotopic (exact) mass is 313 g/mol. The Balaban J connectivity index is 0. The molecular formula is C12H28IN. The predicted molar refractivity (Wildman–Crippen MR) is 60.9 cm³/mol. The fourth-order valence-electron chi connectivity index (χ4n) is 1.88. The molecule has 0 rings (SSSR count). The van der Waals surface area contributed by atoms with E-state index >= 15 is 0 Å².